The van der Waals surface area contributed by atoms with Gasteiger partial charge in [0.1, 0.15) is 6.33 Å². The van der Waals surface area contributed by atoms with Crippen LogP contribution < -0.4 is 0 Å². The summed E-state index contributed by atoms with van der Waals surface area (Å²) in [6.45, 7) is 8.67. The molecular weight excluding hydrogens is 160 g/mol. The number of hydrogen-bond acceptors (Lipinski definition) is 2. The number of nitrogens with zero attached hydrogens (tertiary/aromatic N) is 2. The smallest absolute Gasteiger partial charge is 0.115 e. The zero-order valence-electron chi connectivity index (χ0n) is 8.96. The highest BCUT2D eigenvalue weighted by atomic mass is 14.8. The van der Waals surface area contributed by atoms with E-state index in [0.29, 0.717) is 5.92 Å². The van der Waals surface area contributed by atoms with Crippen LogP contribution >= 0.6 is 0 Å². The van der Waals surface area contributed by atoms with Crippen molar-refractivity contribution in [1.82, 2.24) is 9.97 Å². The van der Waals surface area contributed by atoms with Gasteiger partial charge in [0.05, 0.1) is 0 Å². The van der Waals surface area contributed by atoms with Gasteiger partial charge in [0.25, 0.3) is 0 Å². The van der Waals surface area contributed by atoms with Gasteiger partial charge < -0.3 is 0 Å². The molecule has 1 aromatic rings. The molecule has 1 rings (SSSR count). The normalized spacial score (nSPS) is 12.9. The minimum absolute atomic E-state index is 0.549. The van der Waals surface area contributed by atoms with Crippen LogP contribution in [-0.2, 0) is 6.42 Å². The lowest BCUT2D eigenvalue weighted by molar-refractivity contribution is 0.692. The van der Waals surface area contributed by atoms with Crippen molar-refractivity contribution < 1.29 is 0 Å². The molecular formula is C11H18N2. The Morgan fingerprint density at radius 1 is 1.31 bits per heavy atom. The van der Waals surface area contributed by atoms with E-state index in [2.05, 4.69) is 37.7 Å². The Hall–Kier alpha value is -0.920. The fourth-order valence-electron chi connectivity index (χ4n) is 1.55. The number of rotatable bonds is 3. The molecule has 0 saturated carbocycles. The van der Waals surface area contributed by atoms with Crippen LogP contribution in [0.4, 0.5) is 0 Å². The van der Waals surface area contributed by atoms with Gasteiger partial charge in [-0.1, -0.05) is 20.8 Å². The van der Waals surface area contributed by atoms with Crippen molar-refractivity contribution in [3.8, 4) is 0 Å². The predicted molar refractivity (Wildman–Crippen MR) is 54.9 cm³/mol. The third-order valence-corrected chi connectivity index (χ3v) is 2.64. The van der Waals surface area contributed by atoms with Crippen molar-refractivity contribution in [2.24, 2.45) is 0 Å². The molecule has 0 bridgehead atoms. The highest BCUT2D eigenvalue weighted by molar-refractivity contribution is 5.25. The average Bonchev–Trinajstić information content (AvgIpc) is 2.17. The van der Waals surface area contributed by atoms with Gasteiger partial charge >= 0.3 is 0 Å². The topological polar surface area (TPSA) is 25.8 Å². The van der Waals surface area contributed by atoms with Crippen molar-refractivity contribution >= 4 is 0 Å². The summed E-state index contributed by atoms with van der Waals surface area (Å²) in [7, 11) is 0. The summed E-state index contributed by atoms with van der Waals surface area (Å²) in [5.74, 6) is 0.549. The van der Waals surface area contributed by atoms with E-state index >= 15 is 0 Å². The van der Waals surface area contributed by atoms with E-state index in [9.17, 15) is 0 Å². The Labute approximate surface area is 80.4 Å². The fourth-order valence-corrected chi connectivity index (χ4v) is 1.55. The summed E-state index contributed by atoms with van der Waals surface area (Å²) in [5, 5.41) is 0. The first kappa shape index (κ1) is 10.2. The molecule has 0 spiro atoms. The Kier molecular flexibility index (Phi) is 3.40. The number of aromatic nitrogens is 2. The first-order valence-corrected chi connectivity index (χ1v) is 5.01. The van der Waals surface area contributed by atoms with Crippen molar-refractivity contribution in [3.05, 3.63) is 23.3 Å². The Bertz CT molecular complexity index is 281. The summed E-state index contributed by atoms with van der Waals surface area (Å²) in [6, 6.07) is 0. The molecule has 1 aromatic heterocycles. The molecule has 72 valence electrons. The largest absolute Gasteiger partial charge is 0.241 e. The van der Waals surface area contributed by atoms with Gasteiger partial charge in [-0.25, -0.2) is 9.97 Å². The third-order valence-electron chi connectivity index (χ3n) is 2.64. The van der Waals surface area contributed by atoms with Gasteiger partial charge in [0.15, 0.2) is 0 Å². The lowest BCUT2D eigenvalue weighted by Crippen LogP contribution is -2.04. The van der Waals surface area contributed by atoms with E-state index in [-0.39, 0.29) is 0 Å². The van der Waals surface area contributed by atoms with E-state index in [4.69, 9.17) is 0 Å². The second-order valence-electron chi connectivity index (χ2n) is 3.49. The summed E-state index contributed by atoms with van der Waals surface area (Å²) in [6.07, 6.45) is 3.83. The maximum atomic E-state index is 4.35. The van der Waals surface area contributed by atoms with Gasteiger partial charge in [0.2, 0.25) is 0 Å². The third kappa shape index (κ3) is 2.06. The minimum atomic E-state index is 0.549. The zero-order valence-corrected chi connectivity index (χ0v) is 8.96. The van der Waals surface area contributed by atoms with Crippen LogP contribution in [0, 0.1) is 6.92 Å². The van der Waals surface area contributed by atoms with Gasteiger partial charge in [-0.3, -0.25) is 0 Å². The maximum Gasteiger partial charge on any atom is 0.115 e. The van der Waals surface area contributed by atoms with Crippen LogP contribution in [0.5, 0.6) is 0 Å². The quantitative estimate of drug-likeness (QED) is 0.711. The molecule has 13 heavy (non-hydrogen) atoms. The van der Waals surface area contributed by atoms with Crippen LogP contribution in [-0.4, -0.2) is 9.97 Å². The minimum Gasteiger partial charge on any atom is -0.241 e. The number of aryl methyl sites for hydroxylation is 1. The zero-order chi connectivity index (χ0) is 9.84. The molecule has 0 fully saturated rings. The van der Waals surface area contributed by atoms with Gasteiger partial charge in [-0.05, 0) is 31.2 Å². The van der Waals surface area contributed by atoms with E-state index in [1.807, 2.05) is 0 Å². The molecule has 1 heterocycles. The molecule has 0 N–H and O–H groups in total. The second kappa shape index (κ2) is 4.35. The average molecular weight is 178 g/mol. The van der Waals surface area contributed by atoms with Crippen LogP contribution in [0.2, 0.25) is 0 Å². The molecule has 2 nitrogen and oxygen atoms in total. The summed E-state index contributed by atoms with van der Waals surface area (Å²) >= 11 is 0. The van der Waals surface area contributed by atoms with E-state index in [0.717, 1.165) is 12.8 Å². The molecule has 1 unspecified atom stereocenters. The van der Waals surface area contributed by atoms with Gasteiger partial charge in [-0.15, -0.1) is 0 Å². The predicted octanol–water partition coefficient (Wildman–Crippen LogP) is 2.86. The lowest BCUT2D eigenvalue weighted by Gasteiger charge is -2.12. The van der Waals surface area contributed by atoms with E-state index in [1.54, 1.807) is 6.33 Å². The molecule has 0 aromatic carbocycles. The van der Waals surface area contributed by atoms with E-state index < -0.39 is 0 Å². The molecule has 0 saturated heterocycles. The van der Waals surface area contributed by atoms with Gasteiger partial charge in [0, 0.05) is 11.4 Å². The molecule has 0 aliphatic rings. The Morgan fingerprint density at radius 2 is 2.00 bits per heavy atom. The SMILES string of the molecule is CCc1ncnc(C(C)CC)c1C. The van der Waals surface area contributed by atoms with Gasteiger partial charge in [-0.2, -0.15) is 0 Å². The highest BCUT2D eigenvalue weighted by Gasteiger charge is 2.10. The molecule has 2 heteroatoms. The van der Waals surface area contributed by atoms with Crippen molar-refractivity contribution in [2.45, 2.75) is 46.5 Å². The molecule has 1 atom stereocenters. The highest BCUT2D eigenvalue weighted by Crippen LogP contribution is 2.21. The number of hydrogen-bond donors (Lipinski definition) is 0. The second-order valence-corrected chi connectivity index (χ2v) is 3.49. The first-order chi connectivity index (χ1) is 6.20. The summed E-state index contributed by atoms with van der Waals surface area (Å²) < 4.78 is 0. The summed E-state index contributed by atoms with van der Waals surface area (Å²) in [5.41, 5.74) is 3.68. The maximum absolute atomic E-state index is 4.35. The van der Waals surface area contributed by atoms with Crippen molar-refractivity contribution in [2.75, 3.05) is 0 Å². The van der Waals surface area contributed by atoms with E-state index in [1.165, 1.54) is 17.0 Å². The molecule has 0 radical (unpaired) electrons. The molecule has 0 aliphatic carbocycles. The monoisotopic (exact) mass is 178 g/mol. The van der Waals surface area contributed by atoms with Crippen LogP contribution in [0.15, 0.2) is 6.33 Å². The Morgan fingerprint density at radius 3 is 2.54 bits per heavy atom. The molecule has 0 amide bonds. The standard InChI is InChI=1S/C11H18N2/c1-5-8(3)11-9(4)10(6-2)12-7-13-11/h7-8H,5-6H2,1-4H3. The first-order valence-electron chi connectivity index (χ1n) is 5.01. The molecule has 0 aliphatic heterocycles. The lowest BCUT2D eigenvalue weighted by atomic mass is 9.99. The van der Waals surface area contributed by atoms with Crippen LogP contribution in [0.1, 0.15) is 50.1 Å². The van der Waals surface area contributed by atoms with Crippen LogP contribution in [0.25, 0.3) is 0 Å². The van der Waals surface area contributed by atoms with Crippen LogP contribution in [0.3, 0.4) is 0 Å². The Balaban J connectivity index is 3.08. The fraction of sp³-hybridized carbons (Fsp3) is 0.636. The van der Waals surface area contributed by atoms with Crippen molar-refractivity contribution in [1.29, 1.82) is 0 Å². The van der Waals surface area contributed by atoms with Crippen molar-refractivity contribution in [3.63, 3.8) is 0 Å². The summed E-state index contributed by atoms with van der Waals surface area (Å²) in [4.78, 5) is 8.61.